The maximum Gasteiger partial charge on any atom is 0.234 e. The first-order valence-electron chi connectivity index (χ1n) is 8.66. The second kappa shape index (κ2) is 7.74. The van der Waals surface area contributed by atoms with Gasteiger partial charge >= 0.3 is 0 Å². The zero-order chi connectivity index (χ0) is 19.6. The van der Waals surface area contributed by atoms with Crippen molar-refractivity contribution in [3.8, 4) is 11.5 Å². The Kier molecular flexibility index (Phi) is 5.58. The summed E-state index contributed by atoms with van der Waals surface area (Å²) in [6.45, 7) is 5.86. The number of hydrogen-bond acceptors (Lipinski definition) is 5. The molecule has 0 saturated carbocycles. The van der Waals surface area contributed by atoms with E-state index >= 15 is 0 Å². The fourth-order valence-electron chi connectivity index (χ4n) is 2.45. The Morgan fingerprint density at radius 3 is 2.33 bits per heavy atom. The maximum absolute atomic E-state index is 13.2. The highest BCUT2D eigenvalue weighted by molar-refractivity contribution is 7.91. The van der Waals surface area contributed by atoms with Crippen LogP contribution in [0.15, 0.2) is 62.9 Å². The van der Waals surface area contributed by atoms with Crippen LogP contribution < -0.4 is 5.32 Å². The predicted molar refractivity (Wildman–Crippen MR) is 107 cm³/mol. The van der Waals surface area contributed by atoms with E-state index in [-0.39, 0.29) is 27.7 Å². The summed E-state index contributed by atoms with van der Waals surface area (Å²) < 4.78 is 32.1. The summed E-state index contributed by atoms with van der Waals surface area (Å²) in [5.74, 6) is 0.373. The van der Waals surface area contributed by atoms with Gasteiger partial charge in [-0.1, -0.05) is 36.2 Å². The zero-order valence-corrected chi connectivity index (χ0v) is 16.9. The van der Waals surface area contributed by atoms with Crippen LogP contribution >= 0.6 is 11.6 Å². The molecule has 1 heterocycles. The molecule has 0 spiro atoms. The van der Waals surface area contributed by atoms with Crippen molar-refractivity contribution in [1.29, 1.82) is 0 Å². The van der Waals surface area contributed by atoms with Gasteiger partial charge in [0, 0.05) is 16.6 Å². The second-order valence-corrected chi connectivity index (χ2v) is 8.73. The summed E-state index contributed by atoms with van der Waals surface area (Å²) >= 11 is 5.93. The molecule has 1 atom stereocenters. The number of hydrogen-bond donors (Lipinski definition) is 1. The van der Waals surface area contributed by atoms with Gasteiger partial charge in [-0.2, -0.15) is 4.98 Å². The molecular weight excluding hydrogens is 384 g/mol. The van der Waals surface area contributed by atoms with Crippen molar-refractivity contribution < 1.29 is 12.8 Å². The maximum atomic E-state index is 13.2. The molecule has 1 aromatic heterocycles. The van der Waals surface area contributed by atoms with Crippen molar-refractivity contribution in [2.45, 2.75) is 43.2 Å². The highest BCUT2D eigenvalue weighted by Crippen LogP contribution is 2.33. The number of aromatic nitrogens is 1. The molecule has 0 aliphatic carbocycles. The first kappa shape index (κ1) is 19.5. The molecule has 7 heteroatoms. The number of anilines is 1. The van der Waals surface area contributed by atoms with E-state index in [1.807, 2.05) is 20.8 Å². The predicted octanol–water partition coefficient (Wildman–Crippen LogP) is 5.35. The van der Waals surface area contributed by atoms with Crippen LogP contribution in [0.25, 0.3) is 11.5 Å². The van der Waals surface area contributed by atoms with E-state index in [1.54, 1.807) is 48.5 Å². The quantitative estimate of drug-likeness (QED) is 0.599. The van der Waals surface area contributed by atoms with Crippen molar-refractivity contribution in [3.63, 3.8) is 0 Å². The lowest BCUT2D eigenvalue weighted by Crippen LogP contribution is -2.15. The van der Waals surface area contributed by atoms with Gasteiger partial charge in [-0.25, -0.2) is 8.42 Å². The Labute approximate surface area is 164 Å². The van der Waals surface area contributed by atoms with Crippen molar-refractivity contribution in [1.82, 2.24) is 4.98 Å². The van der Waals surface area contributed by atoms with E-state index in [0.29, 0.717) is 10.6 Å². The number of nitrogens with one attached hydrogen (secondary N) is 1. The standard InChI is InChI=1S/C20H21ClN2O3S/c1-4-14(3)22-19-20(27(24,25)17-11-5-13(2)6-12-17)23-18(26-19)15-7-9-16(21)10-8-15/h5-12,14,22H,4H2,1-3H3/t14-/m0/s1. The van der Waals surface area contributed by atoms with Crippen LogP contribution in [-0.2, 0) is 9.84 Å². The van der Waals surface area contributed by atoms with Gasteiger partial charge in [0.2, 0.25) is 26.6 Å². The van der Waals surface area contributed by atoms with Gasteiger partial charge in [0.25, 0.3) is 0 Å². The molecule has 0 radical (unpaired) electrons. The Morgan fingerprint density at radius 1 is 1.11 bits per heavy atom. The number of sulfone groups is 1. The highest BCUT2D eigenvalue weighted by Gasteiger charge is 2.29. The molecule has 0 amide bonds. The molecular formula is C20H21ClN2O3S. The largest absolute Gasteiger partial charge is 0.419 e. The Hall–Kier alpha value is -2.31. The fourth-order valence-corrected chi connectivity index (χ4v) is 3.84. The summed E-state index contributed by atoms with van der Waals surface area (Å²) in [5.41, 5.74) is 1.63. The molecule has 0 bridgehead atoms. The molecule has 2 aromatic carbocycles. The van der Waals surface area contributed by atoms with E-state index in [4.69, 9.17) is 16.0 Å². The van der Waals surface area contributed by atoms with Gasteiger partial charge in [0.15, 0.2) is 0 Å². The van der Waals surface area contributed by atoms with Gasteiger partial charge in [0.1, 0.15) is 0 Å². The molecule has 0 fully saturated rings. The van der Waals surface area contributed by atoms with Gasteiger partial charge < -0.3 is 9.73 Å². The zero-order valence-electron chi connectivity index (χ0n) is 15.4. The molecule has 142 valence electrons. The molecule has 0 saturated heterocycles. The monoisotopic (exact) mass is 404 g/mol. The molecule has 3 rings (SSSR count). The fraction of sp³-hybridized carbons (Fsp3) is 0.250. The molecule has 5 nitrogen and oxygen atoms in total. The average molecular weight is 405 g/mol. The van der Waals surface area contributed by atoms with Crippen LogP contribution in [-0.4, -0.2) is 19.4 Å². The minimum Gasteiger partial charge on any atom is -0.419 e. The number of oxazole rings is 1. The Morgan fingerprint density at radius 2 is 1.74 bits per heavy atom. The Bertz CT molecular complexity index is 1030. The number of rotatable bonds is 6. The summed E-state index contributed by atoms with van der Waals surface area (Å²) in [4.78, 5) is 4.48. The van der Waals surface area contributed by atoms with E-state index in [9.17, 15) is 8.42 Å². The molecule has 0 aliphatic rings. The third-order valence-electron chi connectivity index (χ3n) is 4.26. The normalized spacial score (nSPS) is 12.7. The van der Waals surface area contributed by atoms with E-state index in [2.05, 4.69) is 10.3 Å². The van der Waals surface area contributed by atoms with Gasteiger partial charge in [-0.15, -0.1) is 0 Å². The van der Waals surface area contributed by atoms with Crippen LogP contribution in [0, 0.1) is 6.92 Å². The lowest BCUT2D eigenvalue weighted by atomic mass is 10.2. The van der Waals surface area contributed by atoms with Crippen LogP contribution in [0.3, 0.4) is 0 Å². The van der Waals surface area contributed by atoms with Crippen molar-refractivity contribution in [2.75, 3.05) is 5.32 Å². The Balaban J connectivity index is 2.11. The summed E-state index contributed by atoms with van der Waals surface area (Å²) in [6, 6.07) is 13.6. The number of nitrogens with zero attached hydrogens (tertiary/aromatic N) is 1. The van der Waals surface area contributed by atoms with E-state index in [0.717, 1.165) is 12.0 Å². The summed E-state index contributed by atoms with van der Waals surface area (Å²) in [7, 11) is -3.83. The first-order valence-corrected chi connectivity index (χ1v) is 10.5. The topological polar surface area (TPSA) is 72.2 Å². The average Bonchev–Trinajstić information content (AvgIpc) is 3.07. The molecule has 0 unspecified atom stereocenters. The summed E-state index contributed by atoms with van der Waals surface area (Å²) in [6.07, 6.45) is 0.807. The van der Waals surface area contributed by atoms with Crippen LogP contribution in [0.5, 0.6) is 0 Å². The minimum atomic E-state index is -3.83. The number of aryl methyl sites for hydroxylation is 1. The van der Waals surface area contributed by atoms with Crippen molar-refractivity contribution >= 4 is 27.3 Å². The number of halogens is 1. The van der Waals surface area contributed by atoms with E-state index in [1.165, 1.54) is 0 Å². The number of benzene rings is 2. The van der Waals surface area contributed by atoms with Crippen molar-refractivity contribution in [3.05, 3.63) is 59.1 Å². The van der Waals surface area contributed by atoms with Crippen LogP contribution in [0.2, 0.25) is 5.02 Å². The van der Waals surface area contributed by atoms with E-state index < -0.39 is 9.84 Å². The van der Waals surface area contributed by atoms with Crippen LogP contribution in [0.1, 0.15) is 25.8 Å². The lowest BCUT2D eigenvalue weighted by Gasteiger charge is -2.11. The summed E-state index contributed by atoms with van der Waals surface area (Å²) in [5, 5.41) is 3.58. The van der Waals surface area contributed by atoms with Gasteiger partial charge in [-0.3, -0.25) is 0 Å². The third kappa shape index (κ3) is 4.17. The third-order valence-corrected chi connectivity index (χ3v) is 6.19. The molecule has 3 aromatic rings. The van der Waals surface area contributed by atoms with Gasteiger partial charge in [0.05, 0.1) is 4.90 Å². The lowest BCUT2D eigenvalue weighted by molar-refractivity contribution is 0.566. The molecule has 0 aliphatic heterocycles. The first-order chi connectivity index (χ1) is 12.8. The smallest absolute Gasteiger partial charge is 0.234 e. The molecule has 27 heavy (non-hydrogen) atoms. The van der Waals surface area contributed by atoms with Gasteiger partial charge in [-0.05, 0) is 56.7 Å². The van der Waals surface area contributed by atoms with Crippen LogP contribution in [0.4, 0.5) is 5.88 Å². The second-order valence-electron chi connectivity index (χ2n) is 6.43. The van der Waals surface area contributed by atoms with Crippen molar-refractivity contribution in [2.24, 2.45) is 0 Å². The SMILES string of the molecule is CC[C@H](C)Nc1oc(-c2ccc(Cl)cc2)nc1S(=O)(=O)c1ccc(C)cc1. The minimum absolute atomic E-state index is 0.0305. The highest BCUT2D eigenvalue weighted by atomic mass is 35.5. The molecule has 1 N–H and O–H groups in total.